The molecule has 2 N–H and O–H groups in total. The van der Waals surface area contributed by atoms with Crippen LogP contribution in [0.4, 0.5) is 5.69 Å². The van der Waals surface area contributed by atoms with Crippen LogP contribution in [0.15, 0.2) is 22.7 Å². The number of nitrogens with one attached hydrogen (secondary N) is 1. The molecule has 0 aliphatic heterocycles. The first-order chi connectivity index (χ1) is 7.59. The summed E-state index contributed by atoms with van der Waals surface area (Å²) in [5, 5.41) is 11.7. The van der Waals surface area contributed by atoms with Gasteiger partial charge in [0.05, 0.1) is 0 Å². The van der Waals surface area contributed by atoms with Crippen LogP contribution < -0.4 is 5.32 Å². The number of carbonyl (C=O) groups is 1. The molecule has 0 heterocycles. The Kier molecular flexibility index (Phi) is 5.32. The van der Waals surface area contributed by atoms with E-state index in [-0.39, 0.29) is 6.42 Å². The highest BCUT2D eigenvalue weighted by Crippen LogP contribution is 2.20. The van der Waals surface area contributed by atoms with E-state index in [0.29, 0.717) is 0 Å². The zero-order valence-electron chi connectivity index (χ0n) is 9.29. The second kappa shape index (κ2) is 6.53. The minimum Gasteiger partial charge on any atom is -0.481 e. The van der Waals surface area contributed by atoms with Gasteiger partial charge < -0.3 is 10.4 Å². The molecule has 0 aliphatic rings. The van der Waals surface area contributed by atoms with E-state index in [9.17, 15) is 4.79 Å². The summed E-state index contributed by atoms with van der Waals surface area (Å²) in [6.07, 6.45) is 1.84. The van der Waals surface area contributed by atoms with Crippen LogP contribution in [-0.2, 0) is 4.79 Å². The lowest BCUT2D eigenvalue weighted by Crippen LogP contribution is -2.03. The molecule has 88 valence electrons. The highest BCUT2D eigenvalue weighted by Gasteiger charge is 1.98. The molecule has 1 aromatic rings. The number of rotatable bonds is 6. The Morgan fingerprint density at radius 2 is 2.19 bits per heavy atom. The zero-order chi connectivity index (χ0) is 12.0. The topological polar surface area (TPSA) is 49.3 Å². The predicted octanol–water partition coefficient (Wildman–Crippen LogP) is 3.42. The van der Waals surface area contributed by atoms with Crippen molar-refractivity contribution in [2.45, 2.75) is 26.2 Å². The van der Waals surface area contributed by atoms with Gasteiger partial charge in [0.1, 0.15) is 0 Å². The number of benzene rings is 1. The van der Waals surface area contributed by atoms with Gasteiger partial charge in [-0.05, 0) is 37.5 Å². The maximum absolute atomic E-state index is 10.3. The normalized spacial score (nSPS) is 10.1. The van der Waals surface area contributed by atoms with E-state index in [4.69, 9.17) is 5.11 Å². The summed E-state index contributed by atoms with van der Waals surface area (Å²) in [6, 6.07) is 6.10. The van der Waals surface area contributed by atoms with E-state index < -0.39 is 5.97 Å². The molecule has 0 amide bonds. The minimum absolute atomic E-state index is 0.249. The Morgan fingerprint density at radius 1 is 1.44 bits per heavy atom. The minimum atomic E-state index is -0.724. The van der Waals surface area contributed by atoms with E-state index >= 15 is 0 Å². The van der Waals surface area contributed by atoms with Crippen LogP contribution >= 0.6 is 15.9 Å². The second-order valence-corrected chi connectivity index (χ2v) is 4.60. The summed E-state index contributed by atoms with van der Waals surface area (Å²) >= 11 is 3.47. The van der Waals surface area contributed by atoms with E-state index in [0.717, 1.165) is 29.5 Å². The number of halogens is 1. The zero-order valence-corrected chi connectivity index (χ0v) is 10.9. The number of carboxylic acid groups (broad SMARTS) is 1. The smallest absolute Gasteiger partial charge is 0.303 e. The molecule has 1 rings (SSSR count). The van der Waals surface area contributed by atoms with Crippen LogP contribution in [0.2, 0.25) is 0 Å². The number of aliphatic carboxylic acids is 1. The summed E-state index contributed by atoms with van der Waals surface area (Å²) < 4.78 is 1.09. The summed E-state index contributed by atoms with van der Waals surface area (Å²) in [5.41, 5.74) is 2.27. The van der Waals surface area contributed by atoms with Crippen molar-refractivity contribution in [1.82, 2.24) is 0 Å². The van der Waals surface area contributed by atoms with Gasteiger partial charge in [0.15, 0.2) is 0 Å². The first kappa shape index (κ1) is 13.0. The van der Waals surface area contributed by atoms with Crippen LogP contribution in [0.5, 0.6) is 0 Å². The summed E-state index contributed by atoms with van der Waals surface area (Å²) in [7, 11) is 0. The van der Waals surface area contributed by atoms with Crippen LogP contribution in [0.1, 0.15) is 24.8 Å². The van der Waals surface area contributed by atoms with E-state index in [2.05, 4.69) is 21.2 Å². The van der Waals surface area contributed by atoms with Crippen molar-refractivity contribution in [2.75, 3.05) is 11.9 Å². The number of unbranched alkanes of at least 4 members (excludes halogenated alkanes) is 1. The quantitative estimate of drug-likeness (QED) is 0.788. The predicted molar refractivity (Wildman–Crippen MR) is 68.9 cm³/mol. The second-order valence-electron chi connectivity index (χ2n) is 3.74. The van der Waals surface area contributed by atoms with Gasteiger partial charge >= 0.3 is 5.97 Å². The van der Waals surface area contributed by atoms with Gasteiger partial charge in [0.25, 0.3) is 0 Å². The standard InChI is InChI=1S/C12H16BrNO2/c1-9-5-6-10(8-11(9)13)14-7-3-2-4-12(15)16/h5-6,8,14H,2-4,7H2,1H3,(H,15,16). The number of hydrogen-bond acceptors (Lipinski definition) is 2. The molecule has 1 aromatic carbocycles. The molecule has 0 bridgehead atoms. The van der Waals surface area contributed by atoms with Crippen molar-refractivity contribution >= 4 is 27.6 Å². The monoisotopic (exact) mass is 285 g/mol. The highest BCUT2D eigenvalue weighted by atomic mass is 79.9. The molecule has 0 radical (unpaired) electrons. The van der Waals surface area contributed by atoms with Crippen molar-refractivity contribution < 1.29 is 9.90 Å². The van der Waals surface area contributed by atoms with E-state index in [1.54, 1.807) is 0 Å². The van der Waals surface area contributed by atoms with Gasteiger partial charge in [0, 0.05) is 23.1 Å². The van der Waals surface area contributed by atoms with Crippen molar-refractivity contribution in [1.29, 1.82) is 0 Å². The molecule has 0 saturated carbocycles. The van der Waals surface area contributed by atoms with Crippen LogP contribution in [0.3, 0.4) is 0 Å². The Bertz CT molecular complexity index is 366. The molecular weight excluding hydrogens is 270 g/mol. The number of aryl methyl sites for hydroxylation is 1. The summed E-state index contributed by atoms with van der Waals surface area (Å²) in [5.74, 6) is -0.724. The Hall–Kier alpha value is -1.03. The summed E-state index contributed by atoms with van der Waals surface area (Å²) in [6.45, 7) is 2.85. The van der Waals surface area contributed by atoms with Gasteiger partial charge in [-0.3, -0.25) is 4.79 Å². The lowest BCUT2D eigenvalue weighted by atomic mass is 10.2. The molecule has 0 spiro atoms. The molecule has 0 aromatic heterocycles. The molecule has 0 saturated heterocycles. The first-order valence-electron chi connectivity index (χ1n) is 5.31. The van der Waals surface area contributed by atoms with Crippen LogP contribution in [-0.4, -0.2) is 17.6 Å². The SMILES string of the molecule is Cc1ccc(NCCCCC(=O)O)cc1Br. The average Bonchev–Trinajstić information content (AvgIpc) is 2.22. The van der Waals surface area contributed by atoms with Crippen molar-refractivity contribution in [3.05, 3.63) is 28.2 Å². The van der Waals surface area contributed by atoms with Crippen molar-refractivity contribution in [2.24, 2.45) is 0 Å². The number of carboxylic acids is 1. The fourth-order valence-corrected chi connectivity index (χ4v) is 1.72. The first-order valence-corrected chi connectivity index (χ1v) is 6.10. The van der Waals surface area contributed by atoms with E-state index in [1.165, 1.54) is 5.56 Å². The Labute approximate surface area is 104 Å². The Balaban J connectivity index is 2.27. The summed E-state index contributed by atoms with van der Waals surface area (Å²) in [4.78, 5) is 10.3. The molecule has 16 heavy (non-hydrogen) atoms. The third-order valence-corrected chi connectivity index (χ3v) is 3.17. The van der Waals surface area contributed by atoms with Gasteiger partial charge in [-0.25, -0.2) is 0 Å². The lowest BCUT2D eigenvalue weighted by molar-refractivity contribution is -0.137. The van der Waals surface area contributed by atoms with Gasteiger partial charge in [-0.2, -0.15) is 0 Å². The maximum Gasteiger partial charge on any atom is 0.303 e. The number of anilines is 1. The lowest BCUT2D eigenvalue weighted by Gasteiger charge is -2.07. The fraction of sp³-hybridized carbons (Fsp3) is 0.417. The third-order valence-electron chi connectivity index (χ3n) is 2.32. The van der Waals surface area contributed by atoms with E-state index in [1.807, 2.05) is 25.1 Å². The van der Waals surface area contributed by atoms with Gasteiger partial charge in [-0.1, -0.05) is 22.0 Å². The molecule has 4 heteroatoms. The van der Waals surface area contributed by atoms with Gasteiger partial charge in [-0.15, -0.1) is 0 Å². The largest absolute Gasteiger partial charge is 0.481 e. The van der Waals surface area contributed by atoms with Gasteiger partial charge in [0.2, 0.25) is 0 Å². The number of hydrogen-bond donors (Lipinski definition) is 2. The molecule has 3 nitrogen and oxygen atoms in total. The molecule has 0 fully saturated rings. The van der Waals surface area contributed by atoms with Crippen molar-refractivity contribution in [3.63, 3.8) is 0 Å². The van der Waals surface area contributed by atoms with Crippen LogP contribution in [0, 0.1) is 6.92 Å². The molecule has 0 atom stereocenters. The average molecular weight is 286 g/mol. The molecule has 0 unspecified atom stereocenters. The fourth-order valence-electron chi connectivity index (χ4n) is 1.34. The molecular formula is C12H16BrNO2. The Morgan fingerprint density at radius 3 is 2.81 bits per heavy atom. The third kappa shape index (κ3) is 4.66. The maximum atomic E-state index is 10.3. The van der Waals surface area contributed by atoms with Crippen LogP contribution in [0.25, 0.3) is 0 Å². The van der Waals surface area contributed by atoms with Crippen molar-refractivity contribution in [3.8, 4) is 0 Å². The highest BCUT2D eigenvalue weighted by molar-refractivity contribution is 9.10. The molecule has 0 aliphatic carbocycles.